The fourth-order valence-corrected chi connectivity index (χ4v) is 0.891. The lowest BCUT2D eigenvalue weighted by molar-refractivity contribution is 0.0942. The van der Waals surface area contributed by atoms with Crippen molar-refractivity contribution in [3.8, 4) is 12.3 Å². The molecule has 0 fully saturated rings. The number of nitrogens with zero attached hydrogens (tertiary/aromatic N) is 3. The molecule has 0 aliphatic rings. The lowest BCUT2D eigenvalue weighted by Gasteiger charge is -1.99. The molecule has 2 N–H and O–H groups in total. The smallest absolute Gasteiger partial charge is 0.292 e. The van der Waals surface area contributed by atoms with Crippen LogP contribution in [0.25, 0.3) is 0 Å². The van der Waals surface area contributed by atoms with Gasteiger partial charge < -0.3 is 5.32 Å². The molecular formula is C8H11N5O. The Morgan fingerprint density at radius 2 is 2.43 bits per heavy atom. The van der Waals surface area contributed by atoms with Crippen molar-refractivity contribution in [2.45, 2.75) is 19.3 Å². The van der Waals surface area contributed by atoms with Crippen LogP contribution in [0.3, 0.4) is 0 Å². The molecular weight excluding hydrogens is 182 g/mol. The van der Waals surface area contributed by atoms with E-state index in [9.17, 15) is 4.79 Å². The lowest BCUT2D eigenvalue weighted by atomic mass is 10.2. The van der Waals surface area contributed by atoms with Gasteiger partial charge in [0, 0.05) is 13.0 Å². The Hall–Kier alpha value is -1.90. The number of amides is 1. The van der Waals surface area contributed by atoms with Crippen LogP contribution in [0, 0.1) is 12.3 Å². The van der Waals surface area contributed by atoms with Crippen molar-refractivity contribution >= 4 is 5.91 Å². The number of aromatic nitrogens is 4. The Bertz CT molecular complexity index is 313. The molecule has 14 heavy (non-hydrogen) atoms. The zero-order valence-electron chi connectivity index (χ0n) is 7.66. The van der Waals surface area contributed by atoms with Gasteiger partial charge in [-0.05, 0) is 18.1 Å². The number of rotatable bonds is 5. The Balaban J connectivity index is 2.14. The van der Waals surface area contributed by atoms with Crippen LogP contribution in [0.5, 0.6) is 0 Å². The Morgan fingerprint density at radius 1 is 1.57 bits per heavy atom. The van der Waals surface area contributed by atoms with E-state index < -0.39 is 0 Å². The molecule has 74 valence electrons. The van der Waals surface area contributed by atoms with Crippen molar-refractivity contribution < 1.29 is 4.79 Å². The lowest BCUT2D eigenvalue weighted by Crippen LogP contribution is -2.25. The highest BCUT2D eigenvalue weighted by atomic mass is 16.2. The molecule has 0 unspecified atom stereocenters. The van der Waals surface area contributed by atoms with Gasteiger partial charge in [-0.2, -0.15) is 5.21 Å². The second-order valence-electron chi connectivity index (χ2n) is 2.65. The summed E-state index contributed by atoms with van der Waals surface area (Å²) < 4.78 is 0. The number of nitrogens with one attached hydrogen (secondary N) is 2. The van der Waals surface area contributed by atoms with E-state index in [4.69, 9.17) is 6.42 Å². The summed E-state index contributed by atoms with van der Waals surface area (Å²) in [4.78, 5) is 11.2. The van der Waals surface area contributed by atoms with E-state index in [0.29, 0.717) is 6.54 Å². The molecule has 6 heteroatoms. The van der Waals surface area contributed by atoms with Crippen molar-refractivity contribution in [2.24, 2.45) is 0 Å². The second-order valence-corrected chi connectivity index (χ2v) is 2.65. The molecule has 0 bridgehead atoms. The van der Waals surface area contributed by atoms with Gasteiger partial charge in [0.2, 0.25) is 0 Å². The van der Waals surface area contributed by atoms with Gasteiger partial charge in [-0.15, -0.1) is 22.5 Å². The zero-order valence-corrected chi connectivity index (χ0v) is 7.66. The van der Waals surface area contributed by atoms with Gasteiger partial charge in [-0.25, -0.2) is 0 Å². The molecule has 1 aromatic rings. The number of H-pyrrole nitrogens is 1. The van der Waals surface area contributed by atoms with E-state index >= 15 is 0 Å². The van der Waals surface area contributed by atoms with E-state index in [2.05, 4.69) is 31.9 Å². The number of tetrazole rings is 1. The zero-order chi connectivity index (χ0) is 10.2. The molecule has 0 aromatic carbocycles. The first-order valence-electron chi connectivity index (χ1n) is 4.29. The average molecular weight is 193 g/mol. The number of carbonyl (C=O) groups is 1. The fraction of sp³-hybridized carbons (Fsp3) is 0.500. The summed E-state index contributed by atoms with van der Waals surface area (Å²) in [6.45, 7) is 0.578. The molecule has 1 rings (SSSR count). The molecule has 1 aromatic heterocycles. The van der Waals surface area contributed by atoms with Crippen molar-refractivity contribution in [2.75, 3.05) is 6.54 Å². The molecule has 0 spiro atoms. The minimum absolute atomic E-state index is 0.0574. The number of carbonyl (C=O) groups excluding carboxylic acids is 1. The molecule has 0 atom stereocenters. The predicted molar refractivity (Wildman–Crippen MR) is 49.2 cm³/mol. The number of hydrogen-bond acceptors (Lipinski definition) is 4. The van der Waals surface area contributed by atoms with Crippen LogP contribution in [-0.4, -0.2) is 33.1 Å². The molecule has 0 saturated carbocycles. The van der Waals surface area contributed by atoms with Gasteiger partial charge in [0.1, 0.15) is 0 Å². The van der Waals surface area contributed by atoms with Gasteiger partial charge in [0.05, 0.1) is 0 Å². The number of terminal acetylenes is 1. The summed E-state index contributed by atoms with van der Waals surface area (Å²) in [5.41, 5.74) is 0. The number of aromatic amines is 1. The molecule has 1 amide bonds. The molecule has 0 aliphatic heterocycles. The van der Waals surface area contributed by atoms with Crippen LogP contribution in [0.1, 0.15) is 29.9 Å². The molecule has 0 saturated heterocycles. The third-order valence-electron chi connectivity index (χ3n) is 1.58. The molecule has 1 heterocycles. The summed E-state index contributed by atoms with van der Waals surface area (Å²) in [5, 5.41) is 15.2. The van der Waals surface area contributed by atoms with Crippen molar-refractivity contribution in [3.63, 3.8) is 0 Å². The minimum atomic E-state index is -0.320. The van der Waals surface area contributed by atoms with Crippen molar-refractivity contribution in [1.82, 2.24) is 25.9 Å². The van der Waals surface area contributed by atoms with Crippen LogP contribution in [0.15, 0.2) is 0 Å². The van der Waals surface area contributed by atoms with Gasteiger partial charge in [-0.1, -0.05) is 0 Å². The monoisotopic (exact) mass is 193 g/mol. The van der Waals surface area contributed by atoms with Crippen molar-refractivity contribution in [1.29, 1.82) is 0 Å². The summed E-state index contributed by atoms with van der Waals surface area (Å²) in [6.07, 6.45) is 7.57. The van der Waals surface area contributed by atoms with Crippen LogP contribution >= 0.6 is 0 Å². The van der Waals surface area contributed by atoms with Crippen LogP contribution in [-0.2, 0) is 0 Å². The molecule has 6 nitrogen and oxygen atoms in total. The fourth-order valence-electron chi connectivity index (χ4n) is 0.891. The average Bonchev–Trinajstić information content (AvgIpc) is 2.70. The quantitative estimate of drug-likeness (QED) is 0.498. The third-order valence-corrected chi connectivity index (χ3v) is 1.58. The Morgan fingerprint density at radius 3 is 3.07 bits per heavy atom. The predicted octanol–water partition coefficient (Wildman–Crippen LogP) is -0.267. The highest BCUT2D eigenvalue weighted by Gasteiger charge is 2.08. The maximum atomic E-state index is 11.2. The summed E-state index contributed by atoms with van der Waals surface area (Å²) in [7, 11) is 0. The molecule has 0 aliphatic carbocycles. The van der Waals surface area contributed by atoms with Gasteiger partial charge in [0.15, 0.2) is 0 Å². The maximum absolute atomic E-state index is 11.2. The van der Waals surface area contributed by atoms with Gasteiger partial charge >= 0.3 is 0 Å². The van der Waals surface area contributed by atoms with Crippen LogP contribution in [0.2, 0.25) is 0 Å². The summed E-state index contributed by atoms with van der Waals surface area (Å²) in [5.74, 6) is 2.27. The third kappa shape index (κ3) is 3.23. The Labute approximate surface area is 81.5 Å². The topological polar surface area (TPSA) is 83.6 Å². The SMILES string of the molecule is C#CCCCCNC(=O)c1nn[nH]n1. The van der Waals surface area contributed by atoms with E-state index in [1.165, 1.54) is 0 Å². The standard InChI is InChI=1S/C8H11N5O/c1-2-3-4-5-6-9-8(14)7-10-12-13-11-7/h1H,3-6H2,(H,9,14)(H,10,11,12,13). The number of hydrogen-bond donors (Lipinski definition) is 2. The Kier molecular flexibility index (Phi) is 4.14. The van der Waals surface area contributed by atoms with Gasteiger partial charge in [-0.3, -0.25) is 4.79 Å². The van der Waals surface area contributed by atoms with E-state index in [-0.39, 0.29) is 11.7 Å². The molecule has 0 radical (unpaired) electrons. The van der Waals surface area contributed by atoms with E-state index in [0.717, 1.165) is 19.3 Å². The number of unbranched alkanes of at least 4 members (excludes halogenated alkanes) is 2. The van der Waals surface area contributed by atoms with Crippen LogP contribution < -0.4 is 5.32 Å². The minimum Gasteiger partial charge on any atom is -0.349 e. The highest BCUT2D eigenvalue weighted by molar-refractivity contribution is 5.89. The highest BCUT2D eigenvalue weighted by Crippen LogP contribution is 1.92. The second kappa shape index (κ2) is 5.70. The van der Waals surface area contributed by atoms with Crippen molar-refractivity contribution in [3.05, 3.63) is 5.82 Å². The van der Waals surface area contributed by atoms with Crippen LogP contribution in [0.4, 0.5) is 0 Å². The van der Waals surface area contributed by atoms with E-state index in [1.54, 1.807) is 0 Å². The summed E-state index contributed by atoms with van der Waals surface area (Å²) in [6, 6.07) is 0. The normalized spacial score (nSPS) is 9.36. The first kappa shape index (κ1) is 10.2. The summed E-state index contributed by atoms with van der Waals surface area (Å²) >= 11 is 0. The van der Waals surface area contributed by atoms with Gasteiger partial charge in [0.25, 0.3) is 11.7 Å². The van der Waals surface area contributed by atoms with E-state index in [1.807, 2.05) is 0 Å². The first-order valence-corrected chi connectivity index (χ1v) is 4.29. The first-order chi connectivity index (χ1) is 6.84. The largest absolute Gasteiger partial charge is 0.349 e. The maximum Gasteiger partial charge on any atom is 0.292 e.